The van der Waals surface area contributed by atoms with Gasteiger partial charge in [-0.25, -0.2) is 4.39 Å². The predicted molar refractivity (Wildman–Crippen MR) is 85.8 cm³/mol. The zero-order valence-corrected chi connectivity index (χ0v) is 13.0. The SMILES string of the molecule is CN1CC[C@H](Nc2ccc3nnc(-c4ccccc4F)n3n2)C1=O. The van der Waals surface area contributed by atoms with E-state index in [9.17, 15) is 9.18 Å². The van der Waals surface area contributed by atoms with Crippen molar-refractivity contribution < 1.29 is 9.18 Å². The standard InChI is InChI=1S/C16H15FN6O/c1-22-9-8-12(16(22)24)18-13-6-7-14-19-20-15(23(14)21-13)10-4-2-3-5-11(10)17/h2-7,12H,8-9H2,1H3,(H,18,21)/t12-/m0/s1. The molecule has 4 rings (SSSR count). The Labute approximate surface area is 137 Å². The van der Waals surface area contributed by atoms with Crippen molar-refractivity contribution in [2.45, 2.75) is 12.5 Å². The summed E-state index contributed by atoms with van der Waals surface area (Å²) in [6, 6.07) is 9.51. The Morgan fingerprint density at radius 1 is 1.21 bits per heavy atom. The van der Waals surface area contributed by atoms with Gasteiger partial charge in [0.2, 0.25) is 5.91 Å². The summed E-state index contributed by atoms with van der Waals surface area (Å²) in [5.74, 6) is 0.490. The highest BCUT2D eigenvalue weighted by Crippen LogP contribution is 2.22. The van der Waals surface area contributed by atoms with Gasteiger partial charge >= 0.3 is 0 Å². The molecule has 7 nitrogen and oxygen atoms in total. The molecule has 2 aromatic heterocycles. The highest BCUT2D eigenvalue weighted by Gasteiger charge is 2.29. The third kappa shape index (κ3) is 2.36. The van der Waals surface area contributed by atoms with Gasteiger partial charge < -0.3 is 10.2 Å². The molecule has 0 spiro atoms. The smallest absolute Gasteiger partial charge is 0.244 e. The molecule has 0 unspecified atom stereocenters. The third-order valence-corrected chi connectivity index (χ3v) is 4.13. The van der Waals surface area contributed by atoms with Crippen LogP contribution in [0.15, 0.2) is 36.4 Å². The largest absolute Gasteiger partial charge is 0.357 e. The first kappa shape index (κ1) is 14.6. The maximum absolute atomic E-state index is 14.0. The van der Waals surface area contributed by atoms with Crippen LogP contribution in [-0.4, -0.2) is 50.3 Å². The van der Waals surface area contributed by atoms with Crippen LogP contribution in [0.4, 0.5) is 10.2 Å². The van der Waals surface area contributed by atoms with Crippen molar-refractivity contribution in [3.05, 3.63) is 42.2 Å². The van der Waals surface area contributed by atoms with Crippen LogP contribution in [0.2, 0.25) is 0 Å². The van der Waals surface area contributed by atoms with Gasteiger partial charge in [0.1, 0.15) is 17.7 Å². The fraction of sp³-hybridized carbons (Fsp3) is 0.250. The first-order chi connectivity index (χ1) is 11.6. The van der Waals surface area contributed by atoms with E-state index in [2.05, 4.69) is 20.6 Å². The number of amides is 1. The Hall–Kier alpha value is -3.03. The minimum absolute atomic E-state index is 0.0370. The number of hydrogen-bond acceptors (Lipinski definition) is 5. The first-order valence-corrected chi connectivity index (χ1v) is 7.62. The Morgan fingerprint density at radius 2 is 2.04 bits per heavy atom. The van der Waals surface area contributed by atoms with E-state index in [0.29, 0.717) is 29.4 Å². The topological polar surface area (TPSA) is 75.4 Å². The van der Waals surface area contributed by atoms with Crippen LogP contribution in [0.3, 0.4) is 0 Å². The number of nitrogens with one attached hydrogen (secondary N) is 1. The van der Waals surface area contributed by atoms with Gasteiger partial charge in [0.05, 0.1) is 5.56 Å². The maximum Gasteiger partial charge on any atom is 0.244 e. The lowest BCUT2D eigenvalue weighted by molar-refractivity contribution is -0.127. The number of hydrogen-bond donors (Lipinski definition) is 1. The summed E-state index contributed by atoms with van der Waals surface area (Å²) >= 11 is 0. The lowest BCUT2D eigenvalue weighted by Crippen LogP contribution is -2.31. The molecule has 3 aromatic rings. The van der Waals surface area contributed by atoms with Gasteiger partial charge in [0.15, 0.2) is 11.5 Å². The molecule has 122 valence electrons. The molecular weight excluding hydrogens is 311 g/mol. The second-order valence-electron chi connectivity index (χ2n) is 5.74. The highest BCUT2D eigenvalue weighted by molar-refractivity contribution is 5.86. The van der Waals surface area contributed by atoms with E-state index in [-0.39, 0.29) is 17.8 Å². The van der Waals surface area contributed by atoms with Crippen molar-refractivity contribution >= 4 is 17.4 Å². The Kier molecular flexibility index (Phi) is 3.37. The summed E-state index contributed by atoms with van der Waals surface area (Å²) in [6.45, 7) is 0.714. The Bertz CT molecular complexity index is 924. The molecule has 1 fully saturated rings. The molecule has 0 bridgehead atoms. The van der Waals surface area contributed by atoms with E-state index < -0.39 is 0 Å². The number of likely N-dealkylation sites (tertiary alicyclic amines) is 1. The van der Waals surface area contributed by atoms with Crippen LogP contribution in [0.1, 0.15) is 6.42 Å². The molecule has 1 atom stereocenters. The Balaban J connectivity index is 1.71. The van der Waals surface area contributed by atoms with Crippen molar-refractivity contribution in [3.63, 3.8) is 0 Å². The first-order valence-electron chi connectivity index (χ1n) is 7.62. The average Bonchev–Trinajstić information content (AvgIpc) is 3.14. The van der Waals surface area contributed by atoms with Gasteiger partial charge in [0, 0.05) is 13.6 Å². The number of fused-ring (bicyclic) bond motifs is 1. The van der Waals surface area contributed by atoms with Crippen molar-refractivity contribution in [1.29, 1.82) is 0 Å². The van der Waals surface area contributed by atoms with Crippen molar-refractivity contribution in [2.75, 3.05) is 18.9 Å². The Morgan fingerprint density at radius 3 is 2.79 bits per heavy atom. The van der Waals surface area contributed by atoms with E-state index in [4.69, 9.17) is 0 Å². The molecule has 1 saturated heterocycles. The fourth-order valence-corrected chi connectivity index (χ4v) is 2.81. The summed E-state index contributed by atoms with van der Waals surface area (Å²) in [7, 11) is 1.77. The molecule has 8 heteroatoms. The van der Waals surface area contributed by atoms with E-state index >= 15 is 0 Å². The van der Waals surface area contributed by atoms with Crippen LogP contribution in [0.25, 0.3) is 17.0 Å². The van der Waals surface area contributed by atoms with E-state index in [1.807, 2.05) is 0 Å². The van der Waals surface area contributed by atoms with Crippen LogP contribution in [-0.2, 0) is 4.79 Å². The predicted octanol–water partition coefficient (Wildman–Crippen LogP) is 1.57. The molecule has 1 aromatic carbocycles. The lowest BCUT2D eigenvalue weighted by Gasteiger charge is -2.12. The number of anilines is 1. The second-order valence-corrected chi connectivity index (χ2v) is 5.74. The van der Waals surface area contributed by atoms with Gasteiger partial charge in [-0.05, 0) is 30.7 Å². The number of benzene rings is 1. The van der Waals surface area contributed by atoms with Gasteiger partial charge in [-0.1, -0.05) is 12.1 Å². The zero-order valence-electron chi connectivity index (χ0n) is 13.0. The van der Waals surface area contributed by atoms with Gasteiger partial charge in [0.25, 0.3) is 0 Å². The maximum atomic E-state index is 14.0. The molecule has 1 aliphatic rings. The second kappa shape index (κ2) is 5.55. The van der Waals surface area contributed by atoms with Gasteiger partial charge in [-0.3, -0.25) is 4.79 Å². The van der Waals surface area contributed by atoms with E-state index in [1.54, 1.807) is 42.3 Å². The van der Waals surface area contributed by atoms with Gasteiger partial charge in [-0.15, -0.1) is 15.3 Å². The van der Waals surface area contributed by atoms with Crippen LogP contribution >= 0.6 is 0 Å². The number of halogens is 1. The number of nitrogens with zero attached hydrogens (tertiary/aromatic N) is 5. The van der Waals surface area contributed by atoms with Crippen LogP contribution < -0.4 is 5.32 Å². The third-order valence-electron chi connectivity index (χ3n) is 4.13. The van der Waals surface area contributed by atoms with Crippen molar-refractivity contribution in [3.8, 4) is 11.4 Å². The number of carbonyl (C=O) groups is 1. The van der Waals surface area contributed by atoms with Crippen LogP contribution in [0.5, 0.6) is 0 Å². The number of rotatable bonds is 3. The molecule has 0 radical (unpaired) electrons. The summed E-state index contributed by atoms with van der Waals surface area (Å²) in [4.78, 5) is 13.7. The summed E-state index contributed by atoms with van der Waals surface area (Å²) in [6.07, 6.45) is 0.720. The molecule has 1 aliphatic heterocycles. The number of aromatic nitrogens is 4. The van der Waals surface area contributed by atoms with Crippen LogP contribution in [0, 0.1) is 5.82 Å². The normalized spacial score (nSPS) is 17.7. The average molecular weight is 326 g/mol. The van der Waals surface area contributed by atoms with Crippen molar-refractivity contribution in [1.82, 2.24) is 24.7 Å². The molecule has 3 heterocycles. The van der Waals surface area contributed by atoms with Crippen molar-refractivity contribution in [2.24, 2.45) is 0 Å². The molecule has 1 amide bonds. The van der Waals surface area contributed by atoms with Gasteiger partial charge in [-0.2, -0.15) is 4.52 Å². The highest BCUT2D eigenvalue weighted by atomic mass is 19.1. The molecule has 1 N–H and O–H groups in total. The number of carbonyl (C=O) groups excluding carboxylic acids is 1. The quantitative estimate of drug-likeness (QED) is 0.791. The molecule has 24 heavy (non-hydrogen) atoms. The monoisotopic (exact) mass is 326 g/mol. The van der Waals surface area contributed by atoms with E-state index in [1.165, 1.54) is 10.6 Å². The molecular formula is C16H15FN6O. The molecule has 0 aliphatic carbocycles. The molecule has 0 saturated carbocycles. The minimum Gasteiger partial charge on any atom is -0.357 e. The summed E-state index contributed by atoms with van der Waals surface area (Å²) in [5, 5.41) is 15.6. The lowest BCUT2D eigenvalue weighted by atomic mass is 10.2. The number of likely N-dealkylation sites (N-methyl/N-ethyl adjacent to an activating group) is 1. The van der Waals surface area contributed by atoms with E-state index in [0.717, 1.165) is 6.42 Å². The zero-order chi connectivity index (χ0) is 16.7. The fourth-order valence-electron chi connectivity index (χ4n) is 2.81. The summed E-state index contributed by atoms with van der Waals surface area (Å²) in [5.41, 5.74) is 0.833. The summed E-state index contributed by atoms with van der Waals surface area (Å²) < 4.78 is 15.5. The minimum atomic E-state index is -0.389.